The Morgan fingerprint density at radius 2 is 0.903 bits per heavy atom. The molecule has 2 aliphatic rings. The molecule has 31 heavy (non-hydrogen) atoms. The molecule has 0 aromatic carbocycles. The number of hydrogen-bond acceptors (Lipinski definition) is 6. The Labute approximate surface area is 190 Å². The van der Waals surface area contributed by atoms with Gasteiger partial charge in [0.15, 0.2) is 0 Å². The van der Waals surface area contributed by atoms with Gasteiger partial charge in [-0.2, -0.15) is 0 Å². The second-order valence-electron chi connectivity index (χ2n) is 11.9. The predicted molar refractivity (Wildman–Crippen MR) is 124 cm³/mol. The van der Waals surface area contributed by atoms with Crippen LogP contribution in [0.5, 0.6) is 0 Å². The first-order valence-electron chi connectivity index (χ1n) is 12.0. The number of nitrogens with zero attached hydrogens (tertiary/aromatic N) is 2. The Hall–Kier alpha value is -1.14. The van der Waals surface area contributed by atoms with E-state index in [1.807, 2.05) is 0 Å². The van der Waals surface area contributed by atoms with Crippen LogP contribution in [-0.2, 0) is 19.1 Å². The zero-order chi connectivity index (χ0) is 23.5. The quantitative estimate of drug-likeness (QED) is 0.409. The molecule has 0 unspecified atom stereocenters. The maximum Gasteiger partial charge on any atom is 0.317 e. The van der Waals surface area contributed by atoms with Crippen LogP contribution in [0.2, 0.25) is 0 Å². The molecule has 2 fully saturated rings. The first-order chi connectivity index (χ1) is 14.2. The standard InChI is InChI=1S/C25H46N2O4/c1-22(2)11-9-12-23(3,4)26(22)15-17-30-20(28)19-21(29)31-18-16-27-24(5,6)13-10-14-25(27,7)8/h9-19H2,1-8H3. The highest BCUT2D eigenvalue weighted by Gasteiger charge is 2.42. The molecule has 0 amide bonds. The van der Waals surface area contributed by atoms with Gasteiger partial charge in [0.1, 0.15) is 19.6 Å². The van der Waals surface area contributed by atoms with Crippen molar-refractivity contribution in [1.82, 2.24) is 9.80 Å². The van der Waals surface area contributed by atoms with Gasteiger partial charge in [0, 0.05) is 35.2 Å². The molecule has 180 valence electrons. The summed E-state index contributed by atoms with van der Waals surface area (Å²) >= 11 is 0. The number of ether oxygens (including phenoxy) is 2. The molecule has 0 N–H and O–H groups in total. The van der Waals surface area contributed by atoms with Crippen LogP contribution in [0.1, 0.15) is 100 Å². The summed E-state index contributed by atoms with van der Waals surface area (Å²) in [5.41, 5.74) is 0.346. The number of carbonyl (C=O) groups excluding carboxylic acids is 2. The largest absolute Gasteiger partial charge is 0.464 e. The number of esters is 2. The van der Waals surface area contributed by atoms with Crippen LogP contribution in [-0.4, -0.2) is 70.2 Å². The van der Waals surface area contributed by atoms with Crippen molar-refractivity contribution in [2.45, 2.75) is 122 Å². The Kier molecular flexibility index (Phi) is 8.24. The molecule has 0 saturated carbocycles. The van der Waals surface area contributed by atoms with Crippen molar-refractivity contribution in [3.8, 4) is 0 Å². The van der Waals surface area contributed by atoms with Crippen LogP contribution in [0.15, 0.2) is 0 Å². The number of rotatable bonds is 8. The highest BCUT2D eigenvalue weighted by Crippen LogP contribution is 2.38. The van der Waals surface area contributed by atoms with Crippen molar-refractivity contribution in [2.24, 2.45) is 0 Å². The minimum absolute atomic E-state index is 0.0864. The number of hydrogen-bond donors (Lipinski definition) is 0. The van der Waals surface area contributed by atoms with E-state index < -0.39 is 11.9 Å². The van der Waals surface area contributed by atoms with Crippen LogP contribution in [0, 0.1) is 0 Å². The highest BCUT2D eigenvalue weighted by molar-refractivity contribution is 5.91. The monoisotopic (exact) mass is 438 g/mol. The third kappa shape index (κ3) is 6.92. The lowest BCUT2D eigenvalue weighted by Gasteiger charge is -2.52. The van der Waals surface area contributed by atoms with E-state index in [0.29, 0.717) is 26.3 Å². The fourth-order valence-corrected chi connectivity index (χ4v) is 6.02. The summed E-state index contributed by atoms with van der Waals surface area (Å²) in [6, 6.07) is 0. The van der Waals surface area contributed by atoms with E-state index in [2.05, 4.69) is 65.2 Å². The SMILES string of the molecule is CC1(C)CCCC(C)(C)N1CCOC(=O)CC(=O)OCCN1C(C)(C)CCCC1(C)C. The van der Waals surface area contributed by atoms with Gasteiger partial charge in [0.25, 0.3) is 0 Å². The zero-order valence-electron chi connectivity index (χ0n) is 21.3. The average molecular weight is 439 g/mol. The summed E-state index contributed by atoms with van der Waals surface area (Å²) in [5.74, 6) is -1.01. The van der Waals surface area contributed by atoms with Crippen LogP contribution in [0.3, 0.4) is 0 Å². The van der Waals surface area contributed by atoms with Crippen molar-refractivity contribution in [3.63, 3.8) is 0 Å². The van der Waals surface area contributed by atoms with E-state index in [-0.39, 0.29) is 28.6 Å². The van der Waals surface area contributed by atoms with E-state index >= 15 is 0 Å². The van der Waals surface area contributed by atoms with Crippen LogP contribution >= 0.6 is 0 Å². The van der Waals surface area contributed by atoms with Gasteiger partial charge in [-0.3, -0.25) is 19.4 Å². The fourth-order valence-electron chi connectivity index (χ4n) is 6.02. The van der Waals surface area contributed by atoms with Gasteiger partial charge in [0.2, 0.25) is 0 Å². The van der Waals surface area contributed by atoms with Crippen molar-refractivity contribution in [3.05, 3.63) is 0 Å². The van der Waals surface area contributed by atoms with Gasteiger partial charge in [-0.1, -0.05) is 0 Å². The molecule has 2 heterocycles. The number of carbonyl (C=O) groups is 2. The van der Waals surface area contributed by atoms with Gasteiger partial charge >= 0.3 is 11.9 Å². The first-order valence-corrected chi connectivity index (χ1v) is 12.0. The lowest BCUT2D eigenvalue weighted by Crippen LogP contribution is -2.59. The molecule has 0 aromatic rings. The third-order valence-corrected chi connectivity index (χ3v) is 7.52. The van der Waals surface area contributed by atoms with E-state index in [4.69, 9.17) is 9.47 Å². The summed E-state index contributed by atoms with van der Waals surface area (Å²) in [6.45, 7) is 19.9. The summed E-state index contributed by atoms with van der Waals surface area (Å²) < 4.78 is 10.7. The van der Waals surface area contributed by atoms with E-state index in [9.17, 15) is 9.59 Å². The number of piperidine rings is 2. The minimum atomic E-state index is -0.503. The molecule has 0 radical (unpaired) electrons. The molecule has 6 nitrogen and oxygen atoms in total. The molecule has 0 aromatic heterocycles. The Bertz CT molecular complexity index is 553. The Balaban J connectivity index is 1.72. The average Bonchev–Trinajstić information content (AvgIpc) is 2.58. The molecule has 2 saturated heterocycles. The lowest BCUT2D eigenvalue weighted by molar-refractivity contribution is -0.156. The van der Waals surface area contributed by atoms with Crippen LogP contribution in [0.4, 0.5) is 0 Å². The maximum atomic E-state index is 12.1. The van der Waals surface area contributed by atoms with Crippen molar-refractivity contribution >= 4 is 11.9 Å². The Morgan fingerprint density at radius 1 is 0.613 bits per heavy atom. The van der Waals surface area contributed by atoms with Gasteiger partial charge in [0.05, 0.1) is 0 Å². The van der Waals surface area contributed by atoms with Crippen LogP contribution in [0.25, 0.3) is 0 Å². The summed E-state index contributed by atoms with van der Waals surface area (Å²) in [5, 5.41) is 0. The topological polar surface area (TPSA) is 59.1 Å². The fraction of sp³-hybridized carbons (Fsp3) is 0.920. The van der Waals surface area contributed by atoms with E-state index in [1.165, 1.54) is 12.8 Å². The van der Waals surface area contributed by atoms with E-state index in [1.54, 1.807) is 0 Å². The van der Waals surface area contributed by atoms with Gasteiger partial charge in [-0.25, -0.2) is 0 Å². The molecule has 0 spiro atoms. The van der Waals surface area contributed by atoms with Gasteiger partial charge in [-0.15, -0.1) is 0 Å². The lowest BCUT2D eigenvalue weighted by atomic mass is 9.80. The summed E-state index contributed by atoms with van der Waals surface area (Å²) in [7, 11) is 0. The van der Waals surface area contributed by atoms with Gasteiger partial charge < -0.3 is 9.47 Å². The molecular formula is C25H46N2O4. The van der Waals surface area contributed by atoms with Crippen molar-refractivity contribution < 1.29 is 19.1 Å². The van der Waals surface area contributed by atoms with Gasteiger partial charge in [-0.05, 0) is 93.9 Å². The molecule has 0 bridgehead atoms. The van der Waals surface area contributed by atoms with Crippen LogP contribution < -0.4 is 0 Å². The zero-order valence-corrected chi connectivity index (χ0v) is 21.3. The first kappa shape index (κ1) is 26.1. The highest BCUT2D eigenvalue weighted by atomic mass is 16.6. The third-order valence-electron chi connectivity index (χ3n) is 7.52. The summed E-state index contributed by atoms with van der Waals surface area (Å²) in [6.07, 6.45) is 6.67. The summed E-state index contributed by atoms with van der Waals surface area (Å²) in [4.78, 5) is 29.1. The van der Waals surface area contributed by atoms with E-state index in [0.717, 1.165) is 25.7 Å². The molecular weight excluding hydrogens is 392 g/mol. The number of likely N-dealkylation sites (tertiary alicyclic amines) is 2. The molecule has 2 rings (SSSR count). The minimum Gasteiger partial charge on any atom is -0.464 e. The van der Waals surface area contributed by atoms with Crippen molar-refractivity contribution in [2.75, 3.05) is 26.3 Å². The normalized spacial score (nSPS) is 25.0. The molecule has 0 aliphatic carbocycles. The Morgan fingerprint density at radius 3 is 1.19 bits per heavy atom. The van der Waals surface area contributed by atoms with Crippen molar-refractivity contribution in [1.29, 1.82) is 0 Å². The second-order valence-corrected chi connectivity index (χ2v) is 11.9. The molecule has 0 atom stereocenters. The molecule has 2 aliphatic heterocycles. The molecule has 6 heteroatoms. The predicted octanol–water partition coefficient (Wildman–Crippen LogP) is 4.55. The maximum absolute atomic E-state index is 12.1. The smallest absolute Gasteiger partial charge is 0.317 e. The second kappa shape index (κ2) is 9.78.